The predicted molar refractivity (Wildman–Crippen MR) is 55.7 cm³/mol. The molecule has 0 aromatic carbocycles. The summed E-state index contributed by atoms with van der Waals surface area (Å²) in [6.45, 7) is 2.18. The van der Waals surface area contributed by atoms with E-state index in [2.05, 4.69) is 4.90 Å². The van der Waals surface area contributed by atoms with E-state index in [1.165, 1.54) is 51.5 Å². The van der Waals surface area contributed by atoms with E-state index >= 15 is 0 Å². The van der Waals surface area contributed by atoms with Crippen LogP contribution in [0, 0.1) is 0 Å². The predicted octanol–water partition coefficient (Wildman–Crippen LogP) is 1.74. The summed E-state index contributed by atoms with van der Waals surface area (Å²) in [5.74, 6) is 0. The molecule has 0 unspecified atom stereocenters. The highest BCUT2D eigenvalue weighted by atomic mass is 15.2. The molecule has 2 nitrogen and oxygen atoms in total. The van der Waals surface area contributed by atoms with E-state index < -0.39 is 0 Å². The molecule has 0 amide bonds. The largest absolute Gasteiger partial charge is 0.329 e. The van der Waals surface area contributed by atoms with E-state index in [0.717, 1.165) is 18.6 Å². The molecule has 0 aromatic rings. The summed E-state index contributed by atoms with van der Waals surface area (Å²) in [5.41, 5.74) is 5.73. The zero-order chi connectivity index (χ0) is 9.10. The topological polar surface area (TPSA) is 29.3 Å². The Morgan fingerprint density at radius 3 is 2.15 bits per heavy atom. The van der Waals surface area contributed by atoms with Crippen molar-refractivity contribution >= 4 is 0 Å². The van der Waals surface area contributed by atoms with Gasteiger partial charge in [-0.1, -0.05) is 25.7 Å². The van der Waals surface area contributed by atoms with Crippen LogP contribution in [0.2, 0.25) is 0 Å². The second-order valence-electron chi connectivity index (χ2n) is 4.56. The first-order chi connectivity index (χ1) is 6.42. The molecule has 0 aromatic heterocycles. The van der Waals surface area contributed by atoms with Gasteiger partial charge in [0.2, 0.25) is 0 Å². The average molecular weight is 182 g/mol. The molecule has 1 saturated carbocycles. The molecule has 1 atom stereocenters. The lowest BCUT2D eigenvalue weighted by molar-refractivity contribution is 0.0391. The smallest absolute Gasteiger partial charge is 0.0233 e. The van der Waals surface area contributed by atoms with Gasteiger partial charge in [-0.3, -0.25) is 4.90 Å². The van der Waals surface area contributed by atoms with Gasteiger partial charge in [0, 0.05) is 25.2 Å². The molecular formula is C11H22N2. The molecule has 2 N–H and O–H groups in total. The molecule has 0 bridgehead atoms. The third-order valence-corrected chi connectivity index (χ3v) is 3.76. The van der Waals surface area contributed by atoms with Crippen molar-refractivity contribution in [1.29, 1.82) is 0 Å². The monoisotopic (exact) mass is 182 g/mol. The van der Waals surface area contributed by atoms with Crippen LogP contribution in [-0.2, 0) is 0 Å². The molecule has 2 rings (SSSR count). The van der Waals surface area contributed by atoms with Gasteiger partial charge in [-0.05, 0) is 19.3 Å². The van der Waals surface area contributed by atoms with Crippen molar-refractivity contribution in [3.63, 3.8) is 0 Å². The van der Waals surface area contributed by atoms with E-state index in [1.54, 1.807) is 0 Å². The fourth-order valence-electron chi connectivity index (χ4n) is 2.78. The van der Waals surface area contributed by atoms with Gasteiger partial charge in [-0.15, -0.1) is 0 Å². The molecule has 0 spiro atoms. The van der Waals surface area contributed by atoms with Gasteiger partial charge in [0.1, 0.15) is 0 Å². The minimum absolute atomic E-state index is 0.725. The fourth-order valence-corrected chi connectivity index (χ4v) is 2.78. The molecule has 2 fully saturated rings. The summed E-state index contributed by atoms with van der Waals surface area (Å²) in [6.07, 6.45) is 9.99. The van der Waals surface area contributed by atoms with Crippen molar-refractivity contribution in [3.05, 3.63) is 0 Å². The maximum Gasteiger partial charge on any atom is 0.0233 e. The number of likely N-dealkylation sites (tertiary alicyclic amines) is 1. The van der Waals surface area contributed by atoms with E-state index in [-0.39, 0.29) is 0 Å². The van der Waals surface area contributed by atoms with E-state index in [0.29, 0.717) is 0 Å². The van der Waals surface area contributed by atoms with E-state index in [4.69, 9.17) is 5.73 Å². The first-order valence-electron chi connectivity index (χ1n) is 5.87. The SMILES string of the molecule is NC[C@H]1CCN1C1CCCCCC1. The Bertz CT molecular complexity index is 148. The highest BCUT2D eigenvalue weighted by Gasteiger charge is 2.32. The number of hydrogen-bond acceptors (Lipinski definition) is 2. The molecule has 76 valence electrons. The van der Waals surface area contributed by atoms with Gasteiger partial charge in [-0.2, -0.15) is 0 Å². The maximum absolute atomic E-state index is 5.73. The van der Waals surface area contributed by atoms with E-state index in [1.807, 2.05) is 0 Å². The van der Waals surface area contributed by atoms with Crippen LogP contribution in [0.3, 0.4) is 0 Å². The summed E-state index contributed by atoms with van der Waals surface area (Å²) < 4.78 is 0. The van der Waals surface area contributed by atoms with Crippen LogP contribution in [0.4, 0.5) is 0 Å². The Balaban J connectivity index is 1.84. The lowest BCUT2D eigenvalue weighted by atomic mass is 9.96. The van der Waals surface area contributed by atoms with Crippen LogP contribution in [0.25, 0.3) is 0 Å². The molecular weight excluding hydrogens is 160 g/mol. The number of hydrogen-bond donors (Lipinski definition) is 1. The fraction of sp³-hybridized carbons (Fsp3) is 1.00. The second kappa shape index (κ2) is 4.43. The molecule has 1 saturated heterocycles. The number of nitrogens with two attached hydrogens (primary N) is 1. The van der Waals surface area contributed by atoms with Crippen molar-refractivity contribution < 1.29 is 0 Å². The lowest BCUT2D eigenvalue weighted by Crippen LogP contribution is -2.56. The molecule has 0 radical (unpaired) electrons. The molecule has 13 heavy (non-hydrogen) atoms. The van der Waals surface area contributed by atoms with Gasteiger partial charge in [0.05, 0.1) is 0 Å². The van der Waals surface area contributed by atoms with Crippen molar-refractivity contribution in [3.8, 4) is 0 Å². The quantitative estimate of drug-likeness (QED) is 0.659. The van der Waals surface area contributed by atoms with Crippen molar-refractivity contribution in [2.75, 3.05) is 13.1 Å². The molecule has 1 aliphatic carbocycles. The Kier molecular flexibility index (Phi) is 3.23. The highest BCUT2D eigenvalue weighted by Crippen LogP contribution is 2.28. The lowest BCUT2D eigenvalue weighted by Gasteiger charge is -2.45. The highest BCUT2D eigenvalue weighted by molar-refractivity contribution is 4.89. The Hall–Kier alpha value is -0.0800. The summed E-state index contributed by atoms with van der Waals surface area (Å²) in [4.78, 5) is 2.66. The van der Waals surface area contributed by atoms with Crippen molar-refractivity contribution in [1.82, 2.24) is 4.90 Å². The zero-order valence-corrected chi connectivity index (χ0v) is 8.54. The summed E-state index contributed by atoms with van der Waals surface area (Å²) in [5, 5.41) is 0. The second-order valence-corrected chi connectivity index (χ2v) is 4.56. The summed E-state index contributed by atoms with van der Waals surface area (Å²) in [6, 6.07) is 1.60. The normalized spacial score (nSPS) is 32.5. The minimum atomic E-state index is 0.725. The molecule has 1 heterocycles. The molecule has 2 heteroatoms. The average Bonchev–Trinajstić information content (AvgIpc) is 2.32. The third-order valence-electron chi connectivity index (χ3n) is 3.76. The third kappa shape index (κ3) is 2.05. The van der Waals surface area contributed by atoms with Gasteiger partial charge in [0.15, 0.2) is 0 Å². The maximum atomic E-state index is 5.73. The van der Waals surface area contributed by atoms with Crippen LogP contribution in [0.1, 0.15) is 44.9 Å². The van der Waals surface area contributed by atoms with Crippen LogP contribution >= 0.6 is 0 Å². The number of nitrogens with zero attached hydrogens (tertiary/aromatic N) is 1. The van der Waals surface area contributed by atoms with Crippen molar-refractivity contribution in [2.24, 2.45) is 5.73 Å². The van der Waals surface area contributed by atoms with Gasteiger partial charge in [0.25, 0.3) is 0 Å². The van der Waals surface area contributed by atoms with Gasteiger partial charge >= 0.3 is 0 Å². The minimum Gasteiger partial charge on any atom is -0.329 e. The van der Waals surface area contributed by atoms with Gasteiger partial charge < -0.3 is 5.73 Å². The summed E-state index contributed by atoms with van der Waals surface area (Å²) >= 11 is 0. The molecule has 1 aliphatic heterocycles. The molecule has 2 aliphatic rings. The van der Waals surface area contributed by atoms with Gasteiger partial charge in [-0.25, -0.2) is 0 Å². The first kappa shape index (κ1) is 9.47. The van der Waals surface area contributed by atoms with Crippen LogP contribution in [0.5, 0.6) is 0 Å². The first-order valence-corrected chi connectivity index (χ1v) is 5.87. The Morgan fingerprint density at radius 1 is 1.00 bits per heavy atom. The summed E-state index contributed by atoms with van der Waals surface area (Å²) in [7, 11) is 0. The number of rotatable bonds is 2. The zero-order valence-electron chi connectivity index (χ0n) is 8.54. The van der Waals surface area contributed by atoms with Crippen molar-refractivity contribution in [2.45, 2.75) is 57.0 Å². The standard InChI is InChI=1S/C11H22N2/c12-9-11-7-8-13(11)10-5-3-1-2-4-6-10/h10-11H,1-9,12H2/t11-/m1/s1. The van der Waals surface area contributed by atoms with E-state index in [9.17, 15) is 0 Å². The Labute approximate surface area is 81.5 Å². The van der Waals surface area contributed by atoms with Crippen LogP contribution in [-0.4, -0.2) is 30.1 Å². The Morgan fingerprint density at radius 2 is 1.69 bits per heavy atom. The van der Waals surface area contributed by atoms with Crippen LogP contribution < -0.4 is 5.73 Å². The van der Waals surface area contributed by atoms with Crippen LogP contribution in [0.15, 0.2) is 0 Å².